The Kier molecular flexibility index (Phi) is 4.55. The maximum Gasteiger partial charge on any atom is 0.312 e. The van der Waals surface area contributed by atoms with Gasteiger partial charge in [0.05, 0.1) is 4.92 Å². The summed E-state index contributed by atoms with van der Waals surface area (Å²) in [5, 5.41) is 11.2. The van der Waals surface area contributed by atoms with E-state index in [4.69, 9.17) is 16.3 Å². The molecule has 0 bridgehead atoms. The van der Waals surface area contributed by atoms with Crippen LogP contribution in [0.15, 0.2) is 48.5 Å². The molecular weight excluding hydrogens is 294 g/mol. The number of ether oxygens (including phenoxy) is 1. The van der Waals surface area contributed by atoms with E-state index in [1.54, 1.807) is 37.3 Å². The van der Waals surface area contributed by atoms with Crippen molar-refractivity contribution in [2.75, 3.05) is 0 Å². The average molecular weight is 306 g/mol. The van der Waals surface area contributed by atoms with E-state index in [2.05, 4.69) is 0 Å². The summed E-state index contributed by atoms with van der Waals surface area (Å²) < 4.78 is 5.43. The number of benzene rings is 2. The zero-order valence-electron chi connectivity index (χ0n) is 11.2. The van der Waals surface area contributed by atoms with E-state index in [0.717, 1.165) is 0 Å². The SMILES string of the molecule is CC(Oc1ccc(Cl)cc1[N+](=O)[O-])C(=O)c1ccccc1. The van der Waals surface area contributed by atoms with Crippen LogP contribution >= 0.6 is 11.6 Å². The molecule has 0 heterocycles. The fraction of sp³-hybridized carbons (Fsp3) is 0.133. The summed E-state index contributed by atoms with van der Waals surface area (Å²) in [4.78, 5) is 22.6. The molecule has 1 atom stereocenters. The van der Waals surface area contributed by atoms with Gasteiger partial charge in [-0.25, -0.2) is 0 Å². The second-order valence-corrected chi connectivity index (χ2v) is 4.80. The van der Waals surface area contributed by atoms with E-state index in [-0.39, 0.29) is 22.2 Å². The van der Waals surface area contributed by atoms with Crippen LogP contribution in [0, 0.1) is 10.1 Å². The Morgan fingerprint density at radius 1 is 1.24 bits per heavy atom. The molecule has 2 aromatic rings. The smallest absolute Gasteiger partial charge is 0.312 e. The lowest BCUT2D eigenvalue weighted by atomic mass is 10.1. The Bertz CT molecular complexity index is 673. The molecule has 21 heavy (non-hydrogen) atoms. The van der Waals surface area contributed by atoms with Gasteiger partial charge < -0.3 is 4.74 Å². The van der Waals surface area contributed by atoms with Crippen molar-refractivity contribution in [3.63, 3.8) is 0 Å². The summed E-state index contributed by atoms with van der Waals surface area (Å²) in [6.45, 7) is 1.55. The van der Waals surface area contributed by atoms with Gasteiger partial charge in [-0.05, 0) is 19.1 Å². The van der Waals surface area contributed by atoms with E-state index < -0.39 is 11.0 Å². The molecule has 108 valence electrons. The molecule has 0 fully saturated rings. The third-order valence-electron chi connectivity index (χ3n) is 2.85. The van der Waals surface area contributed by atoms with Crippen molar-refractivity contribution in [2.24, 2.45) is 0 Å². The first-order valence-corrected chi connectivity index (χ1v) is 6.56. The highest BCUT2D eigenvalue weighted by Gasteiger charge is 2.22. The normalized spacial score (nSPS) is 11.7. The highest BCUT2D eigenvalue weighted by molar-refractivity contribution is 6.30. The van der Waals surface area contributed by atoms with Crippen molar-refractivity contribution in [3.8, 4) is 5.75 Å². The van der Waals surface area contributed by atoms with Crippen molar-refractivity contribution in [1.29, 1.82) is 0 Å². The molecule has 0 saturated heterocycles. The number of hydrogen-bond acceptors (Lipinski definition) is 4. The summed E-state index contributed by atoms with van der Waals surface area (Å²) in [6, 6.07) is 12.7. The molecule has 2 rings (SSSR count). The first kappa shape index (κ1) is 15.0. The number of ketones is 1. The summed E-state index contributed by atoms with van der Waals surface area (Å²) >= 11 is 5.73. The number of nitrogens with zero attached hydrogens (tertiary/aromatic N) is 1. The van der Waals surface area contributed by atoms with E-state index in [0.29, 0.717) is 5.56 Å². The van der Waals surface area contributed by atoms with Crippen molar-refractivity contribution in [1.82, 2.24) is 0 Å². The van der Waals surface area contributed by atoms with Gasteiger partial charge in [0.25, 0.3) is 0 Å². The van der Waals surface area contributed by atoms with Crippen LogP contribution in [0.4, 0.5) is 5.69 Å². The van der Waals surface area contributed by atoms with Gasteiger partial charge in [0.2, 0.25) is 5.78 Å². The molecule has 0 amide bonds. The molecule has 6 heteroatoms. The van der Waals surface area contributed by atoms with Crippen LogP contribution in [0.2, 0.25) is 5.02 Å². The zero-order chi connectivity index (χ0) is 15.4. The lowest BCUT2D eigenvalue weighted by molar-refractivity contribution is -0.386. The number of nitro groups is 1. The summed E-state index contributed by atoms with van der Waals surface area (Å²) in [6.07, 6.45) is -0.840. The van der Waals surface area contributed by atoms with E-state index in [1.807, 2.05) is 0 Å². The number of nitro benzene ring substituents is 1. The number of halogens is 1. The molecule has 0 spiro atoms. The van der Waals surface area contributed by atoms with Crippen molar-refractivity contribution in [3.05, 3.63) is 69.2 Å². The predicted molar refractivity (Wildman–Crippen MR) is 79.0 cm³/mol. The molecule has 0 aliphatic rings. The van der Waals surface area contributed by atoms with Crippen LogP contribution in [-0.4, -0.2) is 16.8 Å². The molecule has 5 nitrogen and oxygen atoms in total. The molecule has 1 unspecified atom stereocenters. The molecule has 0 aliphatic carbocycles. The number of carbonyl (C=O) groups excluding carboxylic acids is 1. The minimum absolute atomic E-state index is 0.0150. The summed E-state index contributed by atoms with van der Waals surface area (Å²) in [5.41, 5.74) is 0.219. The largest absolute Gasteiger partial charge is 0.475 e. The molecule has 2 aromatic carbocycles. The Morgan fingerprint density at radius 2 is 1.90 bits per heavy atom. The second-order valence-electron chi connectivity index (χ2n) is 4.36. The van der Waals surface area contributed by atoms with Gasteiger partial charge in [-0.2, -0.15) is 0 Å². The van der Waals surface area contributed by atoms with Crippen molar-refractivity contribution in [2.45, 2.75) is 13.0 Å². The maximum atomic E-state index is 12.2. The van der Waals surface area contributed by atoms with Gasteiger partial charge in [0.1, 0.15) is 0 Å². The van der Waals surface area contributed by atoms with Gasteiger partial charge in [-0.15, -0.1) is 0 Å². The number of carbonyl (C=O) groups is 1. The van der Waals surface area contributed by atoms with Crippen LogP contribution in [-0.2, 0) is 0 Å². The average Bonchev–Trinajstić information content (AvgIpc) is 2.49. The number of rotatable bonds is 5. The first-order valence-electron chi connectivity index (χ1n) is 6.19. The van der Waals surface area contributed by atoms with E-state index >= 15 is 0 Å². The van der Waals surface area contributed by atoms with Gasteiger partial charge >= 0.3 is 5.69 Å². The third kappa shape index (κ3) is 3.58. The molecule has 0 N–H and O–H groups in total. The quantitative estimate of drug-likeness (QED) is 0.477. The molecule has 0 saturated carbocycles. The van der Waals surface area contributed by atoms with Gasteiger partial charge in [-0.3, -0.25) is 14.9 Å². The lowest BCUT2D eigenvalue weighted by Gasteiger charge is -2.13. The number of hydrogen-bond donors (Lipinski definition) is 0. The van der Waals surface area contributed by atoms with Crippen LogP contribution < -0.4 is 4.74 Å². The lowest BCUT2D eigenvalue weighted by Crippen LogP contribution is -2.24. The Labute approximate surface area is 126 Å². The summed E-state index contributed by atoms with van der Waals surface area (Å²) in [7, 11) is 0. The van der Waals surface area contributed by atoms with Crippen LogP contribution in [0.5, 0.6) is 5.75 Å². The summed E-state index contributed by atoms with van der Waals surface area (Å²) in [5.74, 6) is -0.235. The Morgan fingerprint density at radius 3 is 2.52 bits per heavy atom. The number of Topliss-reactive ketones (excluding diaryl/α,β-unsaturated/α-hetero) is 1. The second kappa shape index (κ2) is 6.37. The molecule has 0 aromatic heterocycles. The van der Waals surface area contributed by atoms with Gasteiger partial charge in [-0.1, -0.05) is 41.9 Å². The first-order chi connectivity index (χ1) is 9.99. The zero-order valence-corrected chi connectivity index (χ0v) is 11.9. The van der Waals surface area contributed by atoms with Crippen molar-refractivity contribution < 1.29 is 14.5 Å². The fourth-order valence-electron chi connectivity index (χ4n) is 1.81. The van der Waals surface area contributed by atoms with Gasteiger partial charge in [0, 0.05) is 16.7 Å². The topological polar surface area (TPSA) is 69.4 Å². The van der Waals surface area contributed by atoms with E-state index in [9.17, 15) is 14.9 Å². The highest BCUT2D eigenvalue weighted by Crippen LogP contribution is 2.31. The molecule has 0 aliphatic heterocycles. The monoisotopic (exact) mass is 305 g/mol. The van der Waals surface area contributed by atoms with Crippen LogP contribution in [0.1, 0.15) is 17.3 Å². The van der Waals surface area contributed by atoms with Crippen LogP contribution in [0.3, 0.4) is 0 Å². The van der Waals surface area contributed by atoms with Crippen LogP contribution in [0.25, 0.3) is 0 Å². The third-order valence-corrected chi connectivity index (χ3v) is 3.08. The van der Waals surface area contributed by atoms with Gasteiger partial charge in [0.15, 0.2) is 11.9 Å². The minimum Gasteiger partial charge on any atom is -0.475 e. The highest BCUT2D eigenvalue weighted by atomic mass is 35.5. The minimum atomic E-state index is -0.840. The predicted octanol–water partition coefficient (Wildman–Crippen LogP) is 3.90. The Balaban J connectivity index is 2.22. The van der Waals surface area contributed by atoms with Crippen molar-refractivity contribution >= 4 is 23.1 Å². The maximum absolute atomic E-state index is 12.2. The molecule has 0 radical (unpaired) electrons. The fourth-order valence-corrected chi connectivity index (χ4v) is 1.98. The molecular formula is C15H12ClNO4. The standard InChI is InChI=1S/C15H12ClNO4/c1-10(15(18)11-5-3-2-4-6-11)21-14-8-7-12(16)9-13(14)17(19)20/h2-10H,1H3. The Hall–Kier alpha value is -2.40. The van der Waals surface area contributed by atoms with E-state index in [1.165, 1.54) is 18.2 Å².